The number of piperidine rings is 2. The Morgan fingerprint density at radius 2 is 1.35 bits per heavy atom. The molecule has 0 unspecified atom stereocenters. The van der Waals surface area contributed by atoms with Gasteiger partial charge in [0.2, 0.25) is 11.8 Å². The van der Waals surface area contributed by atoms with Crippen molar-refractivity contribution in [3.05, 3.63) is 33.5 Å². The number of rotatable bonds is 4. The van der Waals surface area contributed by atoms with Gasteiger partial charge in [-0.1, -0.05) is 14.9 Å². The van der Waals surface area contributed by atoms with Gasteiger partial charge < -0.3 is 30.3 Å². The molecule has 0 radical (unpaired) electrons. The van der Waals surface area contributed by atoms with Gasteiger partial charge in [-0.05, 0) is 96.2 Å². The molecule has 0 amide bonds. The van der Waals surface area contributed by atoms with Gasteiger partial charge in [-0.15, -0.1) is 0 Å². The third-order valence-corrected chi connectivity index (χ3v) is 6.57. The van der Waals surface area contributed by atoms with Gasteiger partial charge in [0.05, 0.1) is 25.6 Å². The fourth-order valence-corrected chi connectivity index (χ4v) is 4.10. The molecule has 2 aromatic rings. The van der Waals surface area contributed by atoms with Crippen LogP contribution in [0, 0.1) is 0 Å². The Balaban J connectivity index is 0.000000557. The minimum Gasteiger partial charge on any atom is -0.480 e. The largest absolute Gasteiger partial charge is 0.480 e. The van der Waals surface area contributed by atoms with Gasteiger partial charge in [-0.3, -0.25) is 4.79 Å². The number of carbonyl (C=O) groups excluding carboxylic acids is 1. The molecule has 4 heterocycles. The molecule has 37 heavy (non-hydrogen) atoms. The Labute approximate surface area is 239 Å². The number of hydrogen-bond donors (Lipinski definition) is 2. The van der Waals surface area contributed by atoms with Crippen molar-refractivity contribution in [2.24, 2.45) is 0 Å². The Kier molecular flexibility index (Phi) is 17.4. The quantitative estimate of drug-likeness (QED) is 0.425. The van der Waals surface area contributed by atoms with E-state index in [4.69, 9.17) is 15.2 Å². The molecule has 0 aliphatic carbocycles. The van der Waals surface area contributed by atoms with Gasteiger partial charge in [0, 0.05) is 32.0 Å². The van der Waals surface area contributed by atoms with Crippen molar-refractivity contribution >= 4 is 49.0 Å². The van der Waals surface area contributed by atoms with Crippen LogP contribution in [0.25, 0.3) is 0 Å². The van der Waals surface area contributed by atoms with Crippen LogP contribution in [0.2, 0.25) is 0 Å². The SMILES string of the molecule is C.C.CN1CCC(=O)CC1.COc1nc(Br)ccc1N.COc1nc(Br)ccc1NC1CCN(C)CC1. The molecular formula is C26H44Br2N6O3. The zero-order valence-electron chi connectivity index (χ0n) is 20.9. The van der Waals surface area contributed by atoms with Gasteiger partial charge in [0.25, 0.3) is 0 Å². The molecule has 2 aromatic heterocycles. The number of nitrogens with one attached hydrogen (secondary N) is 1. The third-order valence-electron chi connectivity index (χ3n) is 5.69. The van der Waals surface area contributed by atoms with Gasteiger partial charge in [0.1, 0.15) is 15.0 Å². The van der Waals surface area contributed by atoms with Crippen LogP contribution in [0.4, 0.5) is 11.4 Å². The smallest absolute Gasteiger partial charge is 0.238 e. The molecule has 0 aromatic carbocycles. The second-order valence-electron chi connectivity index (χ2n) is 8.49. The fourth-order valence-electron chi connectivity index (χ4n) is 3.52. The average Bonchev–Trinajstić information content (AvgIpc) is 2.85. The van der Waals surface area contributed by atoms with Crippen LogP contribution in [-0.2, 0) is 4.79 Å². The van der Waals surface area contributed by atoms with E-state index in [0.717, 1.165) is 66.8 Å². The number of methoxy groups -OCH3 is 2. The number of anilines is 2. The van der Waals surface area contributed by atoms with Crippen molar-refractivity contribution in [2.75, 3.05) is 65.5 Å². The monoisotopic (exact) mass is 646 g/mol. The summed E-state index contributed by atoms with van der Waals surface area (Å²) in [7, 11) is 7.39. The lowest BCUT2D eigenvalue weighted by molar-refractivity contribution is -0.121. The number of pyridine rings is 2. The van der Waals surface area contributed by atoms with Gasteiger partial charge in [-0.25, -0.2) is 9.97 Å². The van der Waals surface area contributed by atoms with E-state index < -0.39 is 0 Å². The first-order valence-corrected chi connectivity index (χ1v) is 13.1. The molecule has 2 saturated heterocycles. The van der Waals surface area contributed by atoms with Gasteiger partial charge >= 0.3 is 0 Å². The predicted molar refractivity (Wildman–Crippen MR) is 161 cm³/mol. The molecule has 11 heteroatoms. The van der Waals surface area contributed by atoms with E-state index in [-0.39, 0.29) is 14.9 Å². The van der Waals surface area contributed by atoms with Crippen LogP contribution in [0.15, 0.2) is 33.5 Å². The summed E-state index contributed by atoms with van der Waals surface area (Å²) in [6, 6.07) is 7.95. The topological polar surface area (TPSA) is 106 Å². The fraction of sp³-hybridized carbons (Fsp3) is 0.577. The van der Waals surface area contributed by atoms with Gasteiger partial charge in [0.15, 0.2) is 0 Å². The lowest BCUT2D eigenvalue weighted by Crippen LogP contribution is -2.36. The van der Waals surface area contributed by atoms with E-state index in [0.29, 0.717) is 29.3 Å². The standard InChI is InChI=1S/C12H18BrN3O.C6H7BrN2O.C6H11NO.2CH4/c1-16-7-5-9(6-8-16)14-10-3-4-11(13)15-12(10)17-2;1-10-6-4(8)2-3-5(7)9-6;1-7-4-2-6(8)3-5-7;;/h3-4,9,14H,5-8H2,1-2H3;2-3H,8H2,1H3;2-5H2,1H3;2*1H4. The van der Waals surface area contributed by atoms with Crippen molar-refractivity contribution < 1.29 is 14.3 Å². The highest BCUT2D eigenvalue weighted by molar-refractivity contribution is 9.10. The normalized spacial score (nSPS) is 16.0. The van der Waals surface area contributed by atoms with Crippen molar-refractivity contribution in [3.8, 4) is 11.8 Å². The number of ether oxygens (including phenoxy) is 2. The molecule has 0 bridgehead atoms. The van der Waals surface area contributed by atoms with E-state index in [9.17, 15) is 4.79 Å². The van der Waals surface area contributed by atoms with Crippen LogP contribution in [0.1, 0.15) is 40.5 Å². The van der Waals surface area contributed by atoms with E-state index in [2.05, 4.69) is 64.0 Å². The molecule has 2 aliphatic heterocycles. The van der Waals surface area contributed by atoms with Crippen molar-refractivity contribution in [3.63, 3.8) is 0 Å². The highest BCUT2D eigenvalue weighted by Gasteiger charge is 2.18. The summed E-state index contributed by atoms with van der Waals surface area (Å²) in [6.45, 7) is 4.20. The number of aromatic nitrogens is 2. The summed E-state index contributed by atoms with van der Waals surface area (Å²) in [5, 5.41) is 3.51. The van der Waals surface area contributed by atoms with Crippen LogP contribution in [-0.4, -0.2) is 86.1 Å². The maximum absolute atomic E-state index is 10.6. The number of nitrogens with two attached hydrogens (primary N) is 1. The van der Waals surface area contributed by atoms with Crippen molar-refractivity contribution in [1.82, 2.24) is 19.8 Å². The summed E-state index contributed by atoms with van der Waals surface area (Å²) in [4.78, 5) is 23.4. The van der Waals surface area contributed by atoms with Gasteiger partial charge in [-0.2, -0.15) is 0 Å². The zero-order chi connectivity index (χ0) is 25.8. The Morgan fingerprint density at radius 1 is 0.865 bits per heavy atom. The first-order valence-electron chi connectivity index (χ1n) is 11.5. The number of ketones is 1. The minimum absolute atomic E-state index is 0. The maximum atomic E-state index is 10.6. The second-order valence-corrected chi connectivity index (χ2v) is 10.1. The van der Waals surface area contributed by atoms with Crippen molar-refractivity contribution in [1.29, 1.82) is 0 Å². The summed E-state index contributed by atoms with van der Waals surface area (Å²) in [6.07, 6.45) is 3.85. The molecule has 0 saturated carbocycles. The molecule has 210 valence electrons. The summed E-state index contributed by atoms with van der Waals surface area (Å²) in [5.41, 5.74) is 7.02. The number of nitrogen functional groups attached to an aromatic ring is 1. The number of likely N-dealkylation sites (tertiary alicyclic amines) is 2. The van der Waals surface area contributed by atoms with Crippen molar-refractivity contribution in [2.45, 2.75) is 46.6 Å². The highest BCUT2D eigenvalue weighted by atomic mass is 79.9. The molecular weight excluding hydrogens is 604 g/mol. The van der Waals surface area contributed by atoms with E-state index >= 15 is 0 Å². The third kappa shape index (κ3) is 12.9. The van der Waals surface area contributed by atoms with E-state index in [1.54, 1.807) is 19.2 Å². The molecule has 3 N–H and O–H groups in total. The number of halogens is 2. The number of hydrogen-bond acceptors (Lipinski definition) is 9. The lowest BCUT2D eigenvalue weighted by atomic mass is 10.1. The Hall–Kier alpha value is -1.95. The molecule has 4 rings (SSSR count). The average molecular weight is 648 g/mol. The van der Waals surface area contributed by atoms with Crippen LogP contribution in [0.5, 0.6) is 11.8 Å². The number of Topliss-reactive ketones (excluding diaryl/α,β-unsaturated/α-hetero) is 1. The Bertz CT molecular complexity index is 933. The highest BCUT2D eigenvalue weighted by Crippen LogP contribution is 2.26. The van der Waals surface area contributed by atoms with E-state index in [1.807, 2.05) is 19.2 Å². The molecule has 2 fully saturated rings. The summed E-state index contributed by atoms with van der Waals surface area (Å²) >= 11 is 6.54. The van der Waals surface area contributed by atoms with Crippen LogP contribution < -0.4 is 20.5 Å². The zero-order valence-corrected chi connectivity index (χ0v) is 24.1. The summed E-state index contributed by atoms with van der Waals surface area (Å²) in [5.74, 6) is 1.52. The minimum atomic E-state index is 0. The summed E-state index contributed by atoms with van der Waals surface area (Å²) < 4.78 is 11.7. The molecule has 2 aliphatic rings. The molecule has 0 atom stereocenters. The number of carbonyl (C=O) groups is 1. The molecule has 9 nitrogen and oxygen atoms in total. The van der Waals surface area contributed by atoms with Crippen LogP contribution in [0.3, 0.4) is 0 Å². The second kappa shape index (κ2) is 18.3. The first kappa shape index (κ1) is 35.0. The lowest BCUT2D eigenvalue weighted by Gasteiger charge is -2.30. The first-order chi connectivity index (χ1) is 16.7. The predicted octanol–water partition coefficient (Wildman–Crippen LogP) is 5.35. The number of nitrogens with zero attached hydrogens (tertiary/aromatic N) is 4. The Morgan fingerprint density at radius 3 is 1.84 bits per heavy atom. The molecule has 0 spiro atoms. The maximum Gasteiger partial charge on any atom is 0.238 e. The van der Waals surface area contributed by atoms with E-state index in [1.165, 1.54) is 7.11 Å². The van der Waals surface area contributed by atoms with Crippen LogP contribution >= 0.6 is 31.9 Å².